The summed E-state index contributed by atoms with van der Waals surface area (Å²) in [6, 6.07) is 11.0. The summed E-state index contributed by atoms with van der Waals surface area (Å²) in [4.78, 5) is 12.8. The molecule has 0 atom stereocenters. The SMILES string of the molecule is N#Cc1nc(N2CCN(c3ccc(Cl)c(C#N)n3)CC2)ccc1Cl. The van der Waals surface area contributed by atoms with E-state index in [0.29, 0.717) is 10.0 Å². The van der Waals surface area contributed by atoms with Crippen molar-refractivity contribution in [3.63, 3.8) is 0 Å². The highest BCUT2D eigenvalue weighted by molar-refractivity contribution is 6.31. The maximum absolute atomic E-state index is 9.03. The van der Waals surface area contributed by atoms with Crippen LogP contribution < -0.4 is 9.80 Å². The maximum Gasteiger partial charge on any atom is 0.161 e. The molecule has 6 nitrogen and oxygen atoms in total. The third kappa shape index (κ3) is 3.21. The van der Waals surface area contributed by atoms with Crippen LogP contribution in [-0.4, -0.2) is 36.1 Å². The van der Waals surface area contributed by atoms with Crippen molar-refractivity contribution >= 4 is 34.8 Å². The second-order valence-corrected chi connectivity index (χ2v) is 6.01. The van der Waals surface area contributed by atoms with Gasteiger partial charge in [0.1, 0.15) is 23.8 Å². The standard InChI is InChI=1S/C16H12Cl2N6/c17-11-1-3-15(21-13(11)9-19)23-5-7-24(8-6-23)16-4-2-12(18)14(10-20)22-16/h1-4H,5-8H2. The van der Waals surface area contributed by atoms with E-state index in [1.54, 1.807) is 12.1 Å². The fourth-order valence-electron chi connectivity index (χ4n) is 2.54. The highest BCUT2D eigenvalue weighted by Gasteiger charge is 2.20. The first-order valence-corrected chi connectivity index (χ1v) is 8.01. The number of nitriles is 2. The number of rotatable bonds is 2. The van der Waals surface area contributed by atoms with Gasteiger partial charge in [-0.15, -0.1) is 0 Å². The van der Waals surface area contributed by atoms with E-state index >= 15 is 0 Å². The van der Waals surface area contributed by atoms with Crippen molar-refractivity contribution in [3.05, 3.63) is 45.7 Å². The van der Waals surface area contributed by atoms with Crippen LogP contribution in [-0.2, 0) is 0 Å². The molecule has 24 heavy (non-hydrogen) atoms. The van der Waals surface area contributed by atoms with Gasteiger partial charge in [0.15, 0.2) is 11.4 Å². The van der Waals surface area contributed by atoms with Gasteiger partial charge in [-0.25, -0.2) is 9.97 Å². The molecule has 0 amide bonds. The van der Waals surface area contributed by atoms with Crippen LogP contribution in [0.15, 0.2) is 24.3 Å². The molecule has 1 aliphatic heterocycles. The van der Waals surface area contributed by atoms with Gasteiger partial charge in [-0.2, -0.15) is 10.5 Å². The van der Waals surface area contributed by atoms with E-state index < -0.39 is 0 Å². The predicted molar refractivity (Wildman–Crippen MR) is 92.4 cm³/mol. The molecule has 2 aromatic rings. The minimum atomic E-state index is 0.231. The second kappa shape index (κ2) is 6.92. The Morgan fingerprint density at radius 3 is 1.46 bits per heavy atom. The van der Waals surface area contributed by atoms with Crippen LogP contribution in [0.4, 0.5) is 11.6 Å². The van der Waals surface area contributed by atoms with Crippen LogP contribution in [0.5, 0.6) is 0 Å². The van der Waals surface area contributed by atoms with Gasteiger partial charge in [-0.1, -0.05) is 23.2 Å². The van der Waals surface area contributed by atoms with E-state index in [2.05, 4.69) is 19.8 Å². The first kappa shape index (κ1) is 16.3. The van der Waals surface area contributed by atoms with Gasteiger partial charge >= 0.3 is 0 Å². The minimum absolute atomic E-state index is 0.231. The summed E-state index contributed by atoms with van der Waals surface area (Å²) in [6.45, 7) is 2.91. The first-order valence-electron chi connectivity index (χ1n) is 7.25. The molecule has 120 valence electrons. The molecule has 1 fully saturated rings. The Balaban J connectivity index is 1.72. The Hall–Kier alpha value is -2.54. The summed E-state index contributed by atoms with van der Waals surface area (Å²) in [6.07, 6.45) is 0. The Morgan fingerprint density at radius 2 is 1.12 bits per heavy atom. The Bertz CT molecular complexity index is 775. The molecule has 0 saturated carbocycles. The molecule has 0 N–H and O–H groups in total. The summed E-state index contributed by atoms with van der Waals surface area (Å²) in [5.41, 5.74) is 0.462. The molecule has 2 aromatic heterocycles. The number of hydrogen-bond donors (Lipinski definition) is 0. The van der Waals surface area contributed by atoms with Crippen molar-refractivity contribution in [2.75, 3.05) is 36.0 Å². The number of aromatic nitrogens is 2. The molecule has 3 rings (SSSR count). The summed E-state index contributed by atoms with van der Waals surface area (Å²) in [7, 11) is 0. The first-order chi connectivity index (χ1) is 11.6. The lowest BCUT2D eigenvalue weighted by Crippen LogP contribution is -2.47. The van der Waals surface area contributed by atoms with Gasteiger partial charge in [0.05, 0.1) is 10.0 Å². The normalized spacial score (nSPS) is 14.2. The Kier molecular flexibility index (Phi) is 4.71. The van der Waals surface area contributed by atoms with Crippen molar-refractivity contribution in [3.8, 4) is 12.1 Å². The van der Waals surface area contributed by atoms with Crippen molar-refractivity contribution < 1.29 is 0 Å². The fourth-order valence-corrected chi connectivity index (χ4v) is 2.83. The quantitative estimate of drug-likeness (QED) is 0.820. The molecule has 0 aliphatic carbocycles. The molecule has 0 spiro atoms. The van der Waals surface area contributed by atoms with E-state index in [1.807, 2.05) is 24.3 Å². The molecular weight excluding hydrogens is 347 g/mol. The van der Waals surface area contributed by atoms with Crippen LogP contribution in [0, 0.1) is 22.7 Å². The molecule has 1 aliphatic rings. The van der Waals surface area contributed by atoms with Gasteiger partial charge < -0.3 is 9.80 Å². The lowest BCUT2D eigenvalue weighted by Gasteiger charge is -2.36. The van der Waals surface area contributed by atoms with Crippen LogP contribution in [0.3, 0.4) is 0 Å². The molecule has 1 saturated heterocycles. The zero-order chi connectivity index (χ0) is 17.1. The molecule has 0 radical (unpaired) electrons. The topological polar surface area (TPSA) is 79.8 Å². The molecule has 3 heterocycles. The smallest absolute Gasteiger partial charge is 0.161 e. The number of piperazine rings is 1. The average Bonchev–Trinajstić information content (AvgIpc) is 2.63. The third-order valence-corrected chi connectivity index (χ3v) is 4.41. The maximum atomic E-state index is 9.03. The summed E-state index contributed by atoms with van der Waals surface area (Å²) >= 11 is 11.8. The monoisotopic (exact) mass is 358 g/mol. The molecule has 0 unspecified atom stereocenters. The summed E-state index contributed by atoms with van der Waals surface area (Å²) in [5.74, 6) is 1.47. The van der Waals surface area contributed by atoms with Crippen LogP contribution in [0.1, 0.15) is 11.4 Å². The van der Waals surface area contributed by atoms with E-state index in [0.717, 1.165) is 37.8 Å². The van der Waals surface area contributed by atoms with Crippen LogP contribution in [0.2, 0.25) is 10.0 Å². The van der Waals surface area contributed by atoms with Crippen molar-refractivity contribution in [1.82, 2.24) is 9.97 Å². The zero-order valence-electron chi connectivity index (χ0n) is 12.6. The van der Waals surface area contributed by atoms with Crippen molar-refractivity contribution in [1.29, 1.82) is 10.5 Å². The van der Waals surface area contributed by atoms with Gasteiger partial charge in [0, 0.05) is 26.2 Å². The van der Waals surface area contributed by atoms with E-state index in [-0.39, 0.29) is 11.4 Å². The van der Waals surface area contributed by atoms with Crippen LogP contribution >= 0.6 is 23.2 Å². The summed E-state index contributed by atoms with van der Waals surface area (Å²) in [5, 5.41) is 18.8. The van der Waals surface area contributed by atoms with Gasteiger partial charge in [-0.05, 0) is 24.3 Å². The van der Waals surface area contributed by atoms with Crippen LogP contribution in [0.25, 0.3) is 0 Å². The number of hydrogen-bond acceptors (Lipinski definition) is 6. The number of anilines is 2. The highest BCUT2D eigenvalue weighted by atomic mass is 35.5. The second-order valence-electron chi connectivity index (χ2n) is 5.20. The average molecular weight is 359 g/mol. The molecule has 0 aromatic carbocycles. The third-order valence-electron chi connectivity index (χ3n) is 3.80. The van der Waals surface area contributed by atoms with E-state index in [1.165, 1.54) is 0 Å². The highest BCUT2D eigenvalue weighted by Crippen LogP contribution is 2.23. The Morgan fingerprint density at radius 1 is 0.750 bits per heavy atom. The largest absolute Gasteiger partial charge is 0.353 e. The van der Waals surface area contributed by atoms with Crippen molar-refractivity contribution in [2.24, 2.45) is 0 Å². The number of nitrogens with zero attached hydrogens (tertiary/aromatic N) is 6. The van der Waals surface area contributed by atoms with Gasteiger partial charge in [0.2, 0.25) is 0 Å². The number of pyridine rings is 2. The fraction of sp³-hybridized carbons (Fsp3) is 0.250. The molecule has 0 bridgehead atoms. The lowest BCUT2D eigenvalue weighted by molar-refractivity contribution is 0.641. The van der Waals surface area contributed by atoms with Gasteiger partial charge in [-0.3, -0.25) is 0 Å². The van der Waals surface area contributed by atoms with E-state index in [4.69, 9.17) is 33.7 Å². The minimum Gasteiger partial charge on any atom is -0.353 e. The van der Waals surface area contributed by atoms with E-state index in [9.17, 15) is 0 Å². The zero-order valence-corrected chi connectivity index (χ0v) is 14.1. The molecule has 8 heteroatoms. The predicted octanol–water partition coefficient (Wildman–Crippen LogP) is 2.85. The van der Waals surface area contributed by atoms with Gasteiger partial charge in [0.25, 0.3) is 0 Å². The lowest BCUT2D eigenvalue weighted by atomic mass is 10.2. The number of halogens is 2. The summed E-state index contributed by atoms with van der Waals surface area (Å²) < 4.78 is 0. The molecular formula is C16H12Cl2N6. The van der Waals surface area contributed by atoms with Crippen molar-refractivity contribution in [2.45, 2.75) is 0 Å². The Labute approximate surface area is 149 Å².